The van der Waals surface area contributed by atoms with Crippen LogP contribution in [0.25, 0.3) is 0 Å². The third-order valence-electron chi connectivity index (χ3n) is 1.49. The molecular weight excluding hydrogens is 185 g/mol. The highest BCUT2D eigenvalue weighted by molar-refractivity contribution is 6.32. The summed E-state index contributed by atoms with van der Waals surface area (Å²) in [7, 11) is 0. The Morgan fingerprint density at radius 1 is 1.36 bits per heavy atom. The van der Waals surface area contributed by atoms with E-state index in [1.165, 1.54) is 0 Å². The van der Waals surface area contributed by atoms with Gasteiger partial charge in [-0.2, -0.15) is 0 Å². The van der Waals surface area contributed by atoms with E-state index in [-0.39, 0.29) is 6.10 Å². The largest absolute Gasteiger partial charge is 0.368 e. The predicted octanol–water partition coefficient (Wildman–Crippen LogP) is 2.46. The second kappa shape index (κ2) is 2.63. The van der Waals surface area contributed by atoms with Crippen molar-refractivity contribution in [1.82, 2.24) is 4.98 Å². The number of pyridine rings is 1. The molecule has 2 nitrogen and oxygen atoms in total. The average Bonchev–Trinajstić information content (AvgIpc) is 2.64. The van der Waals surface area contributed by atoms with Gasteiger partial charge in [0.2, 0.25) is 0 Å². The van der Waals surface area contributed by atoms with Crippen molar-refractivity contribution in [3.05, 3.63) is 28.0 Å². The van der Waals surface area contributed by atoms with Crippen LogP contribution in [0.2, 0.25) is 10.3 Å². The smallest absolute Gasteiger partial charge is 0.131 e. The van der Waals surface area contributed by atoms with Crippen molar-refractivity contribution < 1.29 is 4.74 Å². The Morgan fingerprint density at radius 2 is 1.91 bits per heavy atom. The molecule has 1 aliphatic rings. The Bertz CT molecular complexity index is 266. The van der Waals surface area contributed by atoms with Gasteiger partial charge >= 0.3 is 0 Å². The van der Waals surface area contributed by atoms with Crippen LogP contribution in [0.3, 0.4) is 0 Å². The fourth-order valence-electron chi connectivity index (χ4n) is 0.910. The molecule has 1 aromatic heterocycles. The molecule has 0 N–H and O–H groups in total. The number of hydrogen-bond donors (Lipinski definition) is 0. The molecule has 1 atom stereocenters. The molecule has 1 aromatic rings. The average molecular weight is 190 g/mol. The number of hydrogen-bond acceptors (Lipinski definition) is 2. The summed E-state index contributed by atoms with van der Waals surface area (Å²) >= 11 is 11.3. The van der Waals surface area contributed by atoms with E-state index >= 15 is 0 Å². The molecule has 0 amide bonds. The van der Waals surface area contributed by atoms with Crippen molar-refractivity contribution in [2.45, 2.75) is 6.10 Å². The van der Waals surface area contributed by atoms with Crippen LogP contribution < -0.4 is 0 Å². The van der Waals surface area contributed by atoms with Crippen LogP contribution in [0, 0.1) is 0 Å². The molecule has 0 aromatic carbocycles. The summed E-state index contributed by atoms with van der Waals surface area (Å²) in [6.45, 7) is 0.761. The molecule has 4 heteroatoms. The lowest BCUT2D eigenvalue weighted by Crippen LogP contribution is -1.83. The van der Waals surface area contributed by atoms with E-state index in [2.05, 4.69) is 4.98 Å². The Hall–Kier alpha value is -0.310. The summed E-state index contributed by atoms with van der Waals surface area (Å²) in [6.07, 6.45) is 0.188. The molecule has 0 unspecified atom stereocenters. The maximum Gasteiger partial charge on any atom is 0.131 e. The molecule has 0 bridgehead atoms. The second-order valence-corrected chi connectivity index (χ2v) is 3.14. The first-order valence-electron chi connectivity index (χ1n) is 3.20. The summed E-state index contributed by atoms with van der Waals surface area (Å²) in [5.74, 6) is 0. The Morgan fingerprint density at radius 3 is 2.36 bits per heavy atom. The molecule has 0 spiro atoms. The predicted molar refractivity (Wildman–Crippen MR) is 43.0 cm³/mol. The molecule has 1 aliphatic heterocycles. The fourth-order valence-corrected chi connectivity index (χ4v) is 1.39. The standard InChI is InChI=1S/C7H5Cl2NO/c8-6-1-4(5-3-11-5)2-7(9)10-6/h1-2,5H,3H2/t5-/m1/s1. The number of ether oxygens (including phenoxy) is 1. The maximum atomic E-state index is 5.67. The molecule has 1 fully saturated rings. The first-order valence-corrected chi connectivity index (χ1v) is 3.96. The van der Waals surface area contributed by atoms with Gasteiger partial charge in [0.05, 0.1) is 6.61 Å². The van der Waals surface area contributed by atoms with Crippen LogP contribution in [-0.2, 0) is 4.74 Å². The van der Waals surface area contributed by atoms with Crippen LogP contribution in [0.1, 0.15) is 11.7 Å². The van der Waals surface area contributed by atoms with Crippen molar-refractivity contribution in [2.75, 3.05) is 6.61 Å². The van der Waals surface area contributed by atoms with Crippen molar-refractivity contribution in [2.24, 2.45) is 0 Å². The van der Waals surface area contributed by atoms with E-state index in [1.54, 1.807) is 12.1 Å². The SMILES string of the molecule is Clc1cc([C@H]2CO2)cc(Cl)n1. The van der Waals surface area contributed by atoms with Gasteiger partial charge in [-0.1, -0.05) is 23.2 Å². The molecule has 0 aliphatic carbocycles. The normalized spacial score (nSPS) is 21.8. The van der Waals surface area contributed by atoms with Crippen molar-refractivity contribution in [1.29, 1.82) is 0 Å². The van der Waals surface area contributed by atoms with Gasteiger partial charge in [-0.15, -0.1) is 0 Å². The van der Waals surface area contributed by atoms with Gasteiger partial charge in [-0.3, -0.25) is 0 Å². The fraction of sp³-hybridized carbons (Fsp3) is 0.286. The minimum atomic E-state index is 0.188. The molecular formula is C7H5Cl2NO. The van der Waals surface area contributed by atoms with Crippen LogP contribution in [0.5, 0.6) is 0 Å². The Kier molecular flexibility index (Phi) is 1.75. The molecule has 2 heterocycles. The first-order chi connectivity index (χ1) is 5.25. The van der Waals surface area contributed by atoms with Crippen LogP contribution in [0.15, 0.2) is 12.1 Å². The van der Waals surface area contributed by atoms with E-state index in [4.69, 9.17) is 27.9 Å². The minimum Gasteiger partial charge on any atom is -0.368 e. The minimum absolute atomic E-state index is 0.188. The zero-order valence-electron chi connectivity index (χ0n) is 5.55. The quantitative estimate of drug-likeness (QED) is 0.502. The maximum absolute atomic E-state index is 5.67. The summed E-state index contributed by atoms with van der Waals surface area (Å²) in [5.41, 5.74) is 1.01. The monoisotopic (exact) mass is 189 g/mol. The van der Waals surface area contributed by atoms with Crippen molar-refractivity contribution in [3.63, 3.8) is 0 Å². The second-order valence-electron chi connectivity index (χ2n) is 2.37. The summed E-state index contributed by atoms with van der Waals surface area (Å²) in [6, 6.07) is 3.54. The highest BCUT2D eigenvalue weighted by atomic mass is 35.5. The van der Waals surface area contributed by atoms with Gasteiger partial charge in [0, 0.05) is 0 Å². The Labute approximate surface area is 74.1 Å². The number of epoxide rings is 1. The van der Waals surface area contributed by atoms with Crippen LogP contribution in [0.4, 0.5) is 0 Å². The topological polar surface area (TPSA) is 25.4 Å². The van der Waals surface area contributed by atoms with Gasteiger partial charge in [0.1, 0.15) is 16.4 Å². The van der Waals surface area contributed by atoms with Gasteiger partial charge in [-0.25, -0.2) is 4.98 Å². The Balaban J connectivity index is 2.39. The van der Waals surface area contributed by atoms with Crippen molar-refractivity contribution in [3.8, 4) is 0 Å². The van der Waals surface area contributed by atoms with E-state index in [0.717, 1.165) is 12.2 Å². The summed E-state index contributed by atoms with van der Waals surface area (Å²) in [5, 5.41) is 0.839. The van der Waals surface area contributed by atoms with Crippen LogP contribution in [-0.4, -0.2) is 11.6 Å². The third-order valence-corrected chi connectivity index (χ3v) is 1.88. The molecule has 1 saturated heterocycles. The zero-order chi connectivity index (χ0) is 7.84. The van der Waals surface area contributed by atoms with Gasteiger partial charge in [-0.05, 0) is 17.7 Å². The summed E-state index contributed by atoms with van der Waals surface area (Å²) < 4.78 is 5.06. The molecule has 2 rings (SSSR count). The molecule has 0 radical (unpaired) electrons. The van der Waals surface area contributed by atoms with Gasteiger partial charge in [0.25, 0.3) is 0 Å². The van der Waals surface area contributed by atoms with Crippen molar-refractivity contribution >= 4 is 23.2 Å². The highest BCUT2D eigenvalue weighted by Crippen LogP contribution is 2.31. The van der Waals surface area contributed by atoms with Crippen LogP contribution >= 0.6 is 23.2 Å². The highest BCUT2D eigenvalue weighted by Gasteiger charge is 2.25. The third kappa shape index (κ3) is 1.64. The zero-order valence-corrected chi connectivity index (χ0v) is 7.06. The lowest BCUT2D eigenvalue weighted by atomic mass is 10.2. The molecule has 58 valence electrons. The number of aromatic nitrogens is 1. The van der Waals surface area contributed by atoms with Gasteiger partial charge in [0.15, 0.2) is 0 Å². The number of nitrogens with zero attached hydrogens (tertiary/aromatic N) is 1. The lowest BCUT2D eigenvalue weighted by Gasteiger charge is -1.96. The number of halogens is 2. The van der Waals surface area contributed by atoms with E-state index < -0.39 is 0 Å². The lowest BCUT2D eigenvalue weighted by molar-refractivity contribution is 0.415. The molecule has 11 heavy (non-hydrogen) atoms. The van der Waals surface area contributed by atoms with E-state index in [9.17, 15) is 0 Å². The van der Waals surface area contributed by atoms with E-state index in [1.807, 2.05) is 0 Å². The number of rotatable bonds is 1. The van der Waals surface area contributed by atoms with E-state index in [0.29, 0.717) is 10.3 Å². The first kappa shape index (κ1) is 7.35. The van der Waals surface area contributed by atoms with Gasteiger partial charge < -0.3 is 4.74 Å². The molecule has 0 saturated carbocycles. The summed E-state index contributed by atoms with van der Waals surface area (Å²) in [4.78, 5) is 3.82.